The molecule has 0 saturated carbocycles. The van der Waals surface area contributed by atoms with Gasteiger partial charge in [-0.1, -0.05) is 0 Å². The Bertz CT molecular complexity index is 380. The van der Waals surface area contributed by atoms with Crippen LogP contribution in [0.4, 0.5) is 10.1 Å². The van der Waals surface area contributed by atoms with Crippen LogP contribution in [0.25, 0.3) is 0 Å². The molecule has 0 bridgehead atoms. The Morgan fingerprint density at radius 2 is 2.21 bits per heavy atom. The number of benzene rings is 1. The van der Waals surface area contributed by atoms with E-state index in [1.54, 1.807) is 17.0 Å². The van der Waals surface area contributed by atoms with Crippen molar-refractivity contribution in [1.29, 1.82) is 0 Å². The fourth-order valence-electron chi connectivity index (χ4n) is 1.57. The van der Waals surface area contributed by atoms with Gasteiger partial charge in [0.05, 0.1) is 0 Å². The van der Waals surface area contributed by atoms with E-state index in [-0.39, 0.29) is 11.7 Å². The van der Waals surface area contributed by atoms with Gasteiger partial charge in [0.1, 0.15) is 5.82 Å². The lowest BCUT2D eigenvalue weighted by atomic mass is 10.3. The molecule has 1 amide bonds. The maximum absolute atomic E-state index is 13.2. The third-order valence-electron chi connectivity index (χ3n) is 2.29. The van der Waals surface area contributed by atoms with E-state index < -0.39 is 0 Å². The highest BCUT2D eigenvalue weighted by Crippen LogP contribution is 2.23. The predicted octanol–water partition coefficient (Wildman–Crippen LogP) is 2.56. The number of carbonyl (C=O) groups excluding carboxylic acids is 1. The number of carbonyl (C=O) groups is 1. The Morgan fingerprint density at radius 1 is 1.43 bits per heavy atom. The molecule has 0 aliphatic carbocycles. The van der Waals surface area contributed by atoms with E-state index in [1.165, 1.54) is 6.07 Å². The predicted molar refractivity (Wildman–Crippen MR) is 60.7 cm³/mol. The molecule has 1 aliphatic rings. The van der Waals surface area contributed by atoms with Gasteiger partial charge >= 0.3 is 0 Å². The number of amides is 1. The summed E-state index contributed by atoms with van der Waals surface area (Å²) >= 11 is 1.93. The molecular formula is C10H9FINO. The minimum Gasteiger partial charge on any atom is -0.312 e. The molecule has 2 rings (SSSR count). The van der Waals surface area contributed by atoms with Gasteiger partial charge in [-0.05, 0) is 47.2 Å². The number of anilines is 1. The van der Waals surface area contributed by atoms with Gasteiger partial charge < -0.3 is 4.90 Å². The smallest absolute Gasteiger partial charge is 0.227 e. The maximum atomic E-state index is 13.2. The second-order valence-corrected chi connectivity index (χ2v) is 4.41. The summed E-state index contributed by atoms with van der Waals surface area (Å²) in [6.45, 7) is 0.707. The van der Waals surface area contributed by atoms with Crippen molar-refractivity contribution in [1.82, 2.24) is 0 Å². The second-order valence-electron chi connectivity index (χ2n) is 3.25. The van der Waals surface area contributed by atoms with Crippen LogP contribution in [0.2, 0.25) is 0 Å². The van der Waals surface area contributed by atoms with Crippen molar-refractivity contribution >= 4 is 34.2 Å². The summed E-state index contributed by atoms with van der Waals surface area (Å²) in [6.07, 6.45) is 1.44. The summed E-state index contributed by atoms with van der Waals surface area (Å²) in [7, 11) is 0. The van der Waals surface area contributed by atoms with Crippen molar-refractivity contribution in [2.24, 2.45) is 0 Å². The average Bonchev–Trinajstić information content (AvgIpc) is 2.57. The van der Waals surface area contributed by atoms with E-state index in [1.807, 2.05) is 22.6 Å². The summed E-state index contributed by atoms with van der Waals surface area (Å²) in [5.41, 5.74) is 0.672. The molecule has 14 heavy (non-hydrogen) atoms. The Labute approximate surface area is 95.2 Å². The van der Waals surface area contributed by atoms with E-state index in [2.05, 4.69) is 0 Å². The molecule has 2 nitrogen and oxygen atoms in total. The maximum Gasteiger partial charge on any atom is 0.227 e. The van der Waals surface area contributed by atoms with Crippen molar-refractivity contribution in [3.63, 3.8) is 0 Å². The standard InChI is InChI=1S/C10H9FINO/c11-8-6-7(3-4-9(8)12)13-5-1-2-10(13)14/h3-4,6H,1-2,5H2. The highest BCUT2D eigenvalue weighted by atomic mass is 127. The van der Waals surface area contributed by atoms with E-state index in [4.69, 9.17) is 0 Å². The summed E-state index contributed by atoms with van der Waals surface area (Å²) < 4.78 is 13.8. The lowest BCUT2D eigenvalue weighted by Gasteiger charge is -2.15. The van der Waals surface area contributed by atoms with E-state index in [9.17, 15) is 9.18 Å². The first-order chi connectivity index (χ1) is 6.68. The summed E-state index contributed by atoms with van der Waals surface area (Å²) in [6, 6.07) is 4.90. The number of hydrogen-bond donors (Lipinski definition) is 0. The van der Waals surface area contributed by atoms with Gasteiger partial charge in [0.2, 0.25) is 5.91 Å². The second kappa shape index (κ2) is 3.84. The first kappa shape index (κ1) is 9.89. The normalized spacial score (nSPS) is 16.4. The number of nitrogens with zero attached hydrogens (tertiary/aromatic N) is 1. The molecule has 74 valence electrons. The number of hydrogen-bond acceptors (Lipinski definition) is 1. The molecule has 1 aromatic rings. The topological polar surface area (TPSA) is 20.3 Å². The fourth-order valence-corrected chi connectivity index (χ4v) is 1.91. The molecule has 0 aromatic heterocycles. The van der Waals surface area contributed by atoms with Gasteiger partial charge in [0.25, 0.3) is 0 Å². The minimum absolute atomic E-state index is 0.0885. The lowest BCUT2D eigenvalue weighted by Crippen LogP contribution is -2.23. The fraction of sp³-hybridized carbons (Fsp3) is 0.300. The van der Waals surface area contributed by atoms with Crippen LogP contribution in [-0.2, 0) is 4.79 Å². The largest absolute Gasteiger partial charge is 0.312 e. The lowest BCUT2D eigenvalue weighted by molar-refractivity contribution is -0.117. The van der Waals surface area contributed by atoms with Crippen LogP contribution < -0.4 is 4.90 Å². The van der Waals surface area contributed by atoms with Crippen LogP contribution in [0.5, 0.6) is 0 Å². The summed E-state index contributed by atoms with van der Waals surface area (Å²) in [5.74, 6) is -0.173. The van der Waals surface area contributed by atoms with Gasteiger partial charge in [-0.25, -0.2) is 4.39 Å². The molecule has 0 atom stereocenters. The van der Waals surface area contributed by atoms with Gasteiger partial charge in [-0.3, -0.25) is 4.79 Å². The highest BCUT2D eigenvalue weighted by molar-refractivity contribution is 14.1. The van der Waals surface area contributed by atoms with Gasteiger partial charge in [0.15, 0.2) is 0 Å². The minimum atomic E-state index is -0.261. The molecule has 1 heterocycles. The van der Waals surface area contributed by atoms with E-state index in [0.717, 1.165) is 6.42 Å². The van der Waals surface area contributed by atoms with Gasteiger partial charge in [-0.15, -0.1) is 0 Å². The SMILES string of the molecule is O=C1CCCN1c1ccc(I)c(F)c1. The van der Waals surface area contributed by atoms with Crippen LogP contribution in [0, 0.1) is 9.39 Å². The van der Waals surface area contributed by atoms with Crippen molar-refractivity contribution in [3.8, 4) is 0 Å². The first-order valence-electron chi connectivity index (χ1n) is 4.44. The van der Waals surface area contributed by atoms with Crippen molar-refractivity contribution in [3.05, 3.63) is 27.6 Å². The van der Waals surface area contributed by atoms with Crippen LogP contribution in [0.3, 0.4) is 0 Å². The quantitative estimate of drug-likeness (QED) is 0.730. The van der Waals surface area contributed by atoms with Gasteiger partial charge in [0, 0.05) is 22.2 Å². The molecule has 0 N–H and O–H groups in total. The Morgan fingerprint density at radius 3 is 2.79 bits per heavy atom. The molecule has 0 radical (unpaired) electrons. The third kappa shape index (κ3) is 1.75. The van der Waals surface area contributed by atoms with Crippen LogP contribution in [0.15, 0.2) is 18.2 Å². The Kier molecular flexibility index (Phi) is 2.71. The van der Waals surface area contributed by atoms with E-state index in [0.29, 0.717) is 22.2 Å². The highest BCUT2D eigenvalue weighted by Gasteiger charge is 2.21. The Balaban J connectivity index is 2.32. The van der Waals surface area contributed by atoms with Crippen LogP contribution in [0.1, 0.15) is 12.8 Å². The molecular weight excluding hydrogens is 296 g/mol. The molecule has 0 spiro atoms. The monoisotopic (exact) mass is 305 g/mol. The molecule has 1 aliphatic heterocycles. The first-order valence-corrected chi connectivity index (χ1v) is 5.52. The average molecular weight is 305 g/mol. The molecule has 4 heteroatoms. The van der Waals surface area contributed by atoms with Crippen molar-refractivity contribution in [2.45, 2.75) is 12.8 Å². The zero-order valence-corrected chi connectivity index (χ0v) is 9.62. The molecule has 0 unspecified atom stereocenters. The Hall–Kier alpha value is -0.650. The number of halogens is 2. The number of rotatable bonds is 1. The van der Waals surface area contributed by atoms with Gasteiger partial charge in [-0.2, -0.15) is 0 Å². The van der Waals surface area contributed by atoms with Crippen LogP contribution >= 0.6 is 22.6 Å². The molecule has 1 fully saturated rings. The summed E-state index contributed by atoms with van der Waals surface area (Å²) in [4.78, 5) is 13.0. The van der Waals surface area contributed by atoms with Crippen molar-refractivity contribution < 1.29 is 9.18 Å². The zero-order valence-electron chi connectivity index (χ0n) is 7.46. The third-order valence-corrected chi connectivity index (χ3v) is 3.16. The molecule has 1 saturated heterocycles. The van der Waals surface area contributed by atoms with Crippen molar-refractivity contribution in [2.75, 3.05) is 11.4 Å². The van der Waals surface area contributed by atoms with Crippen LogP contribution in [-0.4, -0.2) is 12.5 Å². The summed E-state index contributed by atoms with van der Waals surface area (Å²) in [5, 5.41) is 0. The molecule has 1 aromatic carbocycles. The zero-order chi connectivity index (χ0) is 10.1. The van der Waals surface area contributed by atoms with E-state index >= 15 is 0 Å².